The van der Waals surface area contributed by atoms with Gasteiger partial charge in [0.25, 0.3) is 0 Å². The number of aliphatic hydroxyl groups is 4. The van der Waals surface area contributed by atoms with Gasteiger partial charge in [-0.05, 0) is 135 Å². The monoisotopic (exact) mass is 1470 g/mol. The van der Waals surface area contributed by atoms with Crippen molar-refractivity contribution >= 4 is 23.9 Å². The average molecular weight is 1470 g/mol. The van der Waals surface area contributed by atoms with Crippen molar-refractivity contribution in [3.63, 3.8) is 0 Å². The fraction of sp³-hybridized carbons (Fsp3) is 0.865. The first-order valence-electron chi connectivity index (χ1n) is 43.9. The van der Waals surface area contributed by atoms with E-state index in [9.17, 15) is 39.6 Å². The highest BCUT2D eigenvalue weighted by atomic mass is 16.6. The molecule has 0 bridgehead atoms. The molecule has 0 saturated carbocycles. The Morgan fingerprint density at radius 1 is 0.250 bits per heavy atom. The van der Waals surface area contributed by atoms with Gasteiger partial charge in [0, 0.05) is 78.0 Å². The van der Waals surface area contributed by atoms with Crippen LogP contribution in [0.5, 0.6) is 0 Å². The van der Waals surface area contributed by atoms with E-state index in [-0.39, 0.29) is 102 Å². The van der Waals surface area contributed by atoms with Gasteiger partial charge in [-0.2, -0.15) is 0 Å². The van der Waals surface area contributed by atoms with Crippen LogP contribution in [-0.4, -0.2) is 169 Å². The number of carbonyl (C=O) groups excluding carboxylic acids is 4. The number of hydrogen-bond acceptors (Lipinski definition) is 15. The topological polar surface area (TPSA) is 196 Å². The van der Waals surface area contributed by atoms with Crippen molar-refractivity contribution in [1.29, 1.82) is 0 Å². The van der Waals surface area contributed by atoms with E-state index >= 15 is 0 Å². The Labute approximate surface area is 640 Å². The first kappa shape index (κ1) is 101. The number of hydrogen-bond donors (Lipinski definition) is 4. The molecule has 0 aliphatic rings. The zero-order chi connectivity index (χ0) is 75.9. The predicted octanol–water partition coefficient (Wildman–Crippen LogP) is 21.3. The summed E-state index contributed by atoms with van der Waals surface area (Å²) in [6, 6.07) is 0. The molecule has 0 rings (SSSR count). The summed E-state index contributed by atoms with van der Waals surface area (Å²) in [6.07, 6.45) is 76.4. The Morgan fingerprint density at radius 3 is 0.596 bits per heavy atom. The number of likely N-dealkylation sites (N-methyl/N-ethyl adjacent to an activating group) is 1. The van der Waals surface area contributed by atoms with Gasteiger partial charge in [-0.25, -0.2) is 0 Å². The van der Waals surface area contributed by atoms with Crippen LogP contribution in [0.2, 0.25) is 0 Å². The van der Waals surface area contributed by atoms with E-state index < -0.39 is 24.4 Å². The van der Waals surface area contributed by atoms with E-state index in [1.165, 1.54) is 180 Å². The second-order valence-corrected chi connectivity index (χ2v) is 30.5. The van der Waals surface area contributed by atoms with Crippen LogP contribution in [-0.2, 0) is 38.1 Å². The number of esters is 4. The number of aliphatic hydroxyl groups excluding tert-OH is 4. The molecule has 15 heteroatoms. The maximum Gasteiger partial charge on any atom is 0.305 e. The van der Waals surface area contributed by atoms with Gasteiger partial charge in [0.1, 0.15) is 50.8 Å². The summed E-state index contributed by atoms with van der Waals surface area (Å²) in [6.45, 7) is 10.5. The van der Waals surface area contributed by atoms with Crippen LogP contribution in [0.25, 0.3) is 0 Å². The zero-order valence-electron chi connectivity index (χ0n) is 68.4. The molecule has 0 fully saturated rings. The molecule has 0 aromatic heterocycles. The molecule has 0 aliphatic carbocycles. The molecular formula is C89H167N3O12. The molecule has 0 aromatic carbocycles. The van der Waals surface area contributed by atoms with Crippen molar-refractivity contribution in [1.82, 2.24) is 14.7 Å². The summed E-state index contributed by atoms with van der Waals surface area (Å²) < 4.78 is 22.3. The minimum atomic E-state index is -1.03. The lowest BCUT2D eigenvalue weighted by Crippen LogP contribution is -2.46. The van der Waals surface area contributed by atoms with Crippen LogP contribution in [0, 0.1) is 0 Å². The molecule has 15 nitrogen and oxygen atoms in total. The van der Waals surface area contributed by atoms with Gasteiger partial charge in [-0.1, -0.05) is 282 Å². The summed E-state index contributed by atoms with van der Waals surface area (Å²) in [5, 5.41) is 45.1. The molecule has 0 heterocycles. The van der Waals surface area contributed by atoms with Crippen molar-refractivity contribution in [3.05, 3.63) is 48.6 Å². The highest BCUT2D eigenvalue weighted by molar-refractivity contribution is 5.70. The molecule has 0 aliphatic heterocycles. The van der Waals surface area contributed by atoms with Crippen LogP contribution in [0.4, 0.5) is 0 Å². The summed E-state index contributed by atoms with van der Waals surface area (Å²) >= 11 is 0. The van der Waals surface area contributed by atoms with Gasteiger partial charge in [-0.15, -0.1) is 0 Å². The number of unbranched alkanes of at least 4 members (excludes halogenated alkanes) is 44. The number of carbonyl (C=O) groups is 4. The van der Waals surface area contributed by atoms with Crippen LogP contribution in [0.15, 0.2) is 48.6 Å². The van der Waals surface area contributed by atoms with Crippen LogP contribution < -0.4 is 0 Å². The third-order valence-electron chi connectivity index (χ3n) is 19.8. The van der Waals surface area contributed by atoms with Crippen molar-refractivity contribution < 1.29 is 58.6 Å². The quantitative estimate of drug-likeness (QED) is 0.0194. The number of nitrogens with zero attached hydrogens (tertiary/aromatic N) is 3. The number of ether oxygens (including phenoxy) is 4. The van der Waals surface area contributed by atoms with E-state index in [0.717, 1.165) is 154 Å². The molecule has 0 aromatic rings. The van der Waals surface area contributed by atoms with E-state index in [4.69, 9.17) is 18.9 Å². The standard InChI is InChI=1S/C89H167N3O12/c1-6-10-14-18-22-26-30-34-38-42-46-50-54-58-62-66-86(97)101-78-82(93)74-91(75-83(94)79-102-87(98)67-63-59-55-51-47-43-39-35-31-27-23-19-15-11-7-2)72-70-90(5)71-73-92(76-84(95)80-103-88(99)68-64-60-56-52-48-44-40-36-32-28-24-20-16-12-8-3)77-85(96)81-104-89(100)69-65-61-57-53-49-45-41-37-33-29-25-21-17-13-9-4/h34-41,82-85,93-96H,6-33,42-81H2,1-5H3/b38-34+,39-35+,40-36+,41-37+. The largest absolute Gasteiger partial charge is 0.463 e. The van der Waals surface area contributed by atoms with Gasteiger partial charge in [0.2, 0.25) is 0 Å². The highest BCUT2D eigenvalue weighted by Gasteiger charge is 2.22. The lowest BCUT2D eigenvalue weighted by Gasteiger charge is -2.31. The smallest absolute Gasteiger partial charge is 0.305 e. The van der Waals surface area contributed by atoms with Crippen molar-refractivity contribution in [2.24, 2.45) is 0 Å². The lowest BCUT2D eigenvalue weighted by molar-refractivity contribution is -0.148. The third kappa shape index (κ3) is 76.7. The molecule has 4 unspecified atom stereocenters. The fourth-order valence-electron chi connectivity index (χ4n) is 13.1. The summed E-state index contributed by atoms with van der Waals surface area (Å²) in [4.78, 5) is 57.2. The average Bonchev–Trinajstić information content (AvgIpc) is 1.04. The molecule has 4 atom stereocenters. The van der Waals surface area contributed by atoms with Crippen molar-refractivity contribution in [2.75, 3.05) is 85.8 Å². The highest BCUT2D eigenvalue weighted by Crippen LogP contribution is 2.17. The fourth-order valence-corrected chi connectivity index (χ4v) is 13.1. The number of allylic oxidation sites excluding steroid dienone is 8. The minimum Gasteiger partial charge on any atom is -0.463 e. The van der Waals surface area contributed by atoms with E-state index in [1.54, 1.807) is 0 Å². The minimum absolute atomic E-state index is 0.102. The van der Waals surface area contributed by atoms with E-state index in [1.807, 2.05) is 16.8 Å². The van der Waals surface area contributed by atoms with Gasteiger partial charge in [-0.3, -0.25) is 29.0 Å². The maximum atomic E-state index is 12.8. The first-order valence-corrected chi connectivity index (χ1v) is 43.9. The van der Waals surface area contributed by atoms with Crippen molar-refractivity contribution in [3.8, 4) is 0 Å². The molecule has 0 amide bonds. The van der Waals surface area contributed by atoms with Gasteiger partial charge < -0.3 is 44.3 Å². The molecule has 104 heavy (non-hydrogen) atoms. The molecule has 0 spiro atoms. The second kappa shape index (κ2) is 80.6. The third-order valence-corrected chi connectivity index (χ3v) is 19.8. The van der Waals surface area contributed by atoms with Gasteiger partial charge >= 0.3 is 23.9 Å². The summed E-state index contributed by atoms with van der Waals surface area (Å²) in [5.41, 5.74) is 0. The van der Waals surface area contributed by atoms with E-state index in [2.05, 4.69) is 81.2 Å². The number of rotatable bonds is 82. The first-order chi connectivity index (χ1) is 50.8. The molecule has 0 saturated heterocycles. The lowest BCUT2D eigenvalue weighted by atomic mass is 10.1. The molecule has 0 radical (unpaired) electrons. The second-order valence-electron chi connectivity index (χ2n) is 30.5. The zero-order valence-corrected chi connectivity index (χ0v) is 68.4. The van der Waals surface area contributed by atoms with Crippen molar-refractivity contribution in [2.45, 2.75) is 412 Å². The maximum absolute atomic E-state index is 12.8. The van der Waals surface area contributed by atoms with Gasteiger partial charge in [0.15, 0.2) is 0 Å². The normalized spacial score (nSPS) is 13.3. The Bertz CT molecular complexity index is 1720. The Kier molecular flexibility index (Phi) is 77.9. The van der Waals surface area contributed by atoms with Crippen LogP contribution in [0.1, 0.15) is 387 Å². The summed E-state index contributed by atoms with van der Waals surface area (Å²) in [7, 11) is 1.94. The Balaban J connectivity index is 5.58. The SMILES string of the molecule is CCCCCCCC/C=C/CCCCCCCC(=O)OCC(O)CN(CCN(C)CCN(CC(O)COC(=O)CCCCCCC/C=C/CCCCCCCC)CC(O)COC(=O)CCCCCCC/C=C/CCCCCCCC)CC(O)COC(=O)CCCCCCC/C=C/CCCCCCCC. The van der Waals surface area contributed by atoms with Gasteiger partial charge in [0.05, 0.1) is 0 Å². The molecule has 610 valence electrons. The Hall–Kier alpha value is -3.44. The Morgan fingerprint density at radius 2 is 0.413 bits per heavy atom. The van der Waals surface area contributed by atoms with Crippen LogP contribution in [0.3, 0.4) is 0 Å². The van der Waals surface area contributed by atoms with E-state index in [0.29, 0.717) is 26.2 Å². The summed E-state index contributed by atoms with van der Waals surface area (Å²) in [5.74, 6) is -1.37. The predicted molar refractivity (Wildman–Crippen MR) is 436 cm³/mol. The molecule has 4 N–H and O–H groups in total. The van der Waals surface area contributed by atoms with Crippen LogP contribution >= 0.6 is 0 Å². The molecular weight excluding hydrogens is 1300 g/mol.